The Morgan fingerprint density at radius 2 is 2.09 bits per heavy atom. The Hall–Kier alpha value is -0.890. The minimum Gasteiger partial charge on any atom is -0.314 e. The van der Waals surface area contributed by atoms with Gasteiger partial charge in [0.2, 0.25) is 0 Å². The van der Waals surface area contributed by atoms with Gasteiger partial charge in [0.1, 0.15) is 0 Å². The van der Waals surface area contributed by atoms with E-state index in [2.05, 4.69) is 30.2 Å². The first-order valence-corrected chi connectivity index (χ1v) is 3.80. The zero-order chi connectivity index (χ0) is 8.27. The number of hydrogen-bond acceptors (Lipinski definition) is 2. The van der Waals surface area contributed by atoms with Gasteiger partial charge in [-0.1, -0.05) is 0 Å². The van der Waals surface area contributed by atoms with Crippen LogP contribution in [-0.2, 0) is 6.54 Å². The van der Waals surface area contributed by atoms with Crippen LogP contribution >= 0.6 is 0 Å². The van der Waals surface area contributed by atoms with Crippen molar-refractivity contribution in [2.45, 2.75) is 20.4 Å². The van der Waals surface area contributed by atoms with Gasteiger partial charge in [0.15, 0.2) is 0 Å². The number of nitrogens with zero attached hydrogens (tertiary/aromatic N) is 1. The first kappa shape index (κ1) is 8.21. The highest BCUT2D eigenvalue weighted by atomic mass is 14.8. The van der Waals surface area contributed by atoms with Crippen LogP contribution in [0.15, 0.2) is 12.3 Å². The summed E-state index contributed by atoms with van der Waals surface area (Å²) in [5.41, 5.74) is 3.67. The van der Waals surface area contributed by atoms with Crippen molar-refractivity contribution < 1.29 is 0 Å². The molecule has 0 atom stereocenters. The lowest BCUT2D eigenvalue weighted by Crippen LogP contribution is -2.07. The standard InChI is InChI=1S/C9H14N2/c1-7-4-9(6-10-3)11-5-8(7)2/h4-5,10H,6H2,1-3H3. The molecule has 0 aliphatic rings. The molecule has 0 fully saturated rings. The average Bonchev–Trinajstić information content (AvgIpc) is 1.98. The maximum atomic E-state index is 4.27. The van der Waals surface area contributed by atoms with E-state index in [1.807, 2.05) is 13.2 Å². The summed E-state index contributed by atoms with van der Waals surface area (Å²) >= 11 is 0. The van der Waals surface area contributed by atoms with Crippen molar-refractivity contribution in [3.05, 3.63) is 29.1 Å². The van der Waals surface area contributed by atoms with Crippen molar-refractivity contribution in [2.75, 3.05) is 7.05 Å². The predicted octanol–water partition coefficient (Wildman–Crippen LogP) is 1.42. The van der Waals surface area contributed by atoms with Crippen molar-refractivity contribution in [1.82, 2.24) is 10.3 Å². The fourth-order valence-electron chi connectivity index (χ4n) is 0.960. The summed E-state index contributed by atoms with van der Waals surface area (Å²) in [6.45, 7) is 5.03. The zero-order valence-electron chi connectivity index (χ0n) is 7.31. The van der Waals surface area contributed by atoms with Crippen LogP contribution in [0.3, 0.4) is 0 Å². The summed E-state index contributed by atoms with van der Waals surface area (Å²) in [5, 5.41) is 3.07. The van der Waals surface area contributed by atoms with Gasteiger partial charge in [-0.2, -0.15) is 0 Å². The third kappa shape index (κ3) is 2.02. The zero-order valence-corrected chi connectivity index (χ0v) is 7.31. The molecule has 1 heterocycles. The predicted molar refractivity (Wildman–Crippen MR) is 46.5 cm³/mol. The molecule has 1 aromatic heterocycles. The number of hydrogen-bond donors (Lipinski definition) is 1. The van der Waals surface area contributed by atoms with E-state index in [0.717, 1.165) is 12.2 Å². The molecule has 0 aliphatic carbocycles. The van der Waals surface area contributed by atoms with E-state index >= 15 is 0 Å². The minimum absolute atomic E-state index is 0.848. The normalized spacial score (nSPS) is 10.1. The first-order valence-electron chi connectivity index (χ1n) is 3.80. The molecule has 0 amide bonds. The van der Waals surface area contributed by atoms with E-state index in [4.69, 9.17) is 0 Å². The molecule has 0 bridgehead atoms. The highest BCUT2D eigenvalue weighted by molar-refractivity contribution is 5.23. The molecule has 0 spiro atoms. The Morgan fingerprint density at radius 1 is 1.36 bits per heavy atom. The Morgan fingerprint density at radius 3 is 2.64 bits per heavy atom. The molecule has 0 saturated carbocycles. The molecule has 2 nitrogen and oxygen atoms in total. The van der Waals surface area contributed by atoms with E-state index in [9.17, 15) is 0 Å². The Balaban J connectivity index is 2.86. The lowest BCUT2D eigenvalue weighted by molar-refractivity contribution is 0.788. The van der Waals surface area contributed by atoms with Crippen LogP contribution in [0.1, 0.15) is 16.8 Å². The fraction of sp³-hybridized carbons (Fsp3) is 0.444. The van der Waals surface area contributed by atoms with Gasteiger partial charge in [-0.3, -0.25) is 4.98 Å². The maximum Gasteiger partial charge on any atom is 0.0544 e. The molecule has 1 N–H and O–H groups in total. The van der Waals surface area contributed by atoms with Crippen LogP contribution in [0.4, 0.5) is 0 Å². The maximum absolute atomic E-state index is 4.27. The SMILES string of the molecule is CNCc1cc(C)c(C)cn1. The summed E-state index contributed by atoms with van der Waals surface area (Å²) in [6.07, 6.45) is 1.92. The second-order valence-corrected chi connectivity index (χ2v) is 2.79. The average molecular weight is 150 g/mol. The van der Waals surface area contributed by atoms with Gasteiger partial charge >= 0.3 is 0 Å². The van der Waals surface area contributed by atoms with Crippen molar-refractivity contribution in [1.29, 1.82) is 0 Å². The van der Waals surface area contributed by atoms with E-state index in [-0.39, 0.29) is 0 Å². The Labute approximate surface area is 67.7 Å². The van der Waals surface area contributed by atoms with Gasteiger partial charge in [-0.25, -0.2) is 0 Å². The largest absolute Gasteiger partial charge is 0.314 e. The van der Waals surface area contributed by atoms with Gasteiger partial charge in [0, 0.05) is 12.7 Å². The quantitative estimate of drug-likeness (QED) is 0.689. The van der Waals surface area contributed by atoms with Gasteiger partial charge in [0.25, 0.3) is 0 Å². The van der Waals surface area contributed by atoms with Crippen LogP contribution in [0.2, 0.25) is 0 Å². The lowest BCUT2D eigenvalue weighted by atomic mass is 10.1. The monoisotopic (exact) mass is 150 g/mol. The molecule has 2 heteroatoms. The fourth-order valence-corrected chi connectivity index (χ4v) is 0.960. The van der Waals surface area contributed by atoms with Crippen LogP contribution in [0, 0.1) is 13.8 Å². The number of aromatic nitrogens is 1. The van der Waals surface area contributed by atoms with Gasteiger partial charge in [0.05, 0.1) is 5.69 Å². The molecular weight excluding hydrogens is 136 g/mol. The van der Waals surface area contributed by atoms with E-state index in [0.29, 0.717) is 0 Å². The Bertz CT molecular complexity index is 243. The first-order chi connectivity index (χ1) is 5.24. The van der Waals surface area contributed by atoms with E-state index in [1.165, 1.54) is 11.1 Å². The summed E-state index contributed by atoms with van der Waals surface area (Å²) < 4.78 is 0. The minimum atomic E-state index is 0.848. The molecule has 0 aromatic carbocycles. The highest BCUT2D eigenvalue weighted by Crippen LogP contribution is 2.05. The molecule has 0 saturated heterocycles. The second-order valence-electron chi connectivity index (χ2n) is 2.79. The van der Waals surface area contributed by atoms with Crippen LogP contribution in [-0.4, -0.2) is 12.0 Å². The molecular formula is C9H14N2. The summed E-state index contributed by atoms with van der Waals surface area (Å²) in [7, 11) is 1.93. The number of nitrogens with one attached hydrogen (secondary N) is 1. The van der Waals surface area contributed by atoms with Crippen molar-refractivity contribution in [3.8, 4) is 0 Å². The van der Waals surface area contributed by atoms with Crippen LogP contribution in [0.25, 0.3) is 0 Å². The lowest BCUT2D eigenvalue weighted by Gasteiger charge is -2.02. The van der Waals surface area contributed by atoms with Crippen molar-refractivity contribution in [3.63, 3.8) is 0 Å². The third-order valence-electron chi connectivity index (χ3n) is 1.79. The molecule has 60 valence electrons. The second kappa shape index (κ2) is 3.49. The summed E-state index contributed by atoms with van der Waals surface area (Å²) in [6, 6.07) is 2.12. The van der Waals surface area contributed by atoms with Crippen LogP contribution < -0.4 is 5.32 Å². The molecule has 0 aliphatic heterocycles. The molecule has 0 unspecified atom stereocenters. The topological polar surface area (TPSA) is 24.9 Å². The van der Waals surface area contributed by atoms with Crippen molar-refractivity contribution >= 4 is 0 Å². The van der Waals surface area contributed by atoms with E-state index < -0.39 is 0 Å². The highest BCUT2D eigenvalue weighted by Gasteiger charge is 1.95. The van der Waals surface area contributed by atoms with Gasteiger partial charge in [-0.05, 0) is 38.1 Å². The van der Waals surface area contributed by atoms with Crippen LogP contribution in [0.5, 0.6) is 0 Å². The van der Waals surface area contributed by atoms with Crippen molar-refractivity contribution in [2.24, 2.45) is 0 Å². The molecule has 1 aromatic rings. The summed E-state index contributed by atoms with van der Waals surface area (Å²) in [4.78, 5) is 4.27. The number of rotatable bonds is 2. The summed E-state index contributed by atoms with van der Waals surface area (Å²) in [5.74, 6) is 0. The number of pyridine rings is 1. The molecule has 11 heavy (non-hydrogen) atoms. The smallest absolute Gasteiger partial charge is 0.0544 e. The number of aryl methyl sites for hydroxylation is 2. The van der Waals surface area contributed by atoms with Gasteiger partial charge < -0.3 is 5.32 Å². The van der Waals surface area contributed by atoms with Gasteiger partial charge in [-0.15, -0.1) is 0 Å². The third-order valence-corrected chi connectivity index (χ3v) is 1.79. The molecule has 0 radical (unpaired) electrons. The Kier molecular flexibility index (Phi) is 2.60. The van der Waals surface area contributed by atoms with E-state index in [1.54, 1.807) is 0 Å². The molecule has 1 rings (SSSR count).